The summed E-state index contributed by atoms with van der Waals surface area (Å²) >= 11 is 0. The zero-order chi connectivity index (χ0) is 14.5. The number of nitrogens with zero attached hydrogens (tertiary/aromatic N) is 4. The van der Waals surface area contributed by atoms with Crippen molar-refractivity contribution >= 4 is 5.91 Å². The van der Waals surface area contributed by atoms with Crippen molar-refractivity contribution in [3.8, 4) is 0 Å². The maximum absolute atomic E-state index is 11.0. The van der Waals surface area contributed by atoms with Crippen LogP contribution in [0.25, 0.3) is 0 Å². The standard InChI is InChI=1S/C14H25N5O/c1-11-16-14(18(3)17-11)10-19-9-5-4-6-13(19)7-8-15-12(2)20/h13H,4-10H2,1-3H3,(H,15,20)/t13-/m0/s1. The maximum atomic E-state index is 11.0. The number of aromatic nitrogens is 3. The van der Waals surface area contributed by atoms with E-state index in [4.69, 9.17) is 0 Å². The highest BCUT2D eigenvalue weighted by atomic mass is 16.1. The molecule has 0 bridgehead atoms. The summed E-state index contributed by atoms with van der Waals surface area (Å²) in [6.45, 7) is 6.21. The first-order valence-electron chi connectivity index (χ1n) is 7.41. The van der Waals surface area contributed by atoms with Crippen LogP contribution in [0.15, 0.2) is 0 Å². The van der Waals surface area contributed by atoms with E-state index in [1.807, 2.05) is 18.7 Å². The Hall–Kier alpha value is -1.43. The lowest BCUT2D eigenvalue weighted by Gasteiger charge is -2.35. The molecular weight excluding hydrogens is 254 g/mol. The number of hydrogen-bond donors (Lipinski definition) is 1. The Kier molecular flexibility index (Phi) is 5.11. The molecule has 1 amide bonds. The Bertz CT molecular complexity index is 456. The molecule has 1 aromatic rings. The van der Waals surface area contributed by atoms with Crippen LogP contribution in [0.5, 0.6) is 0 Å². The highest BCUT2D eigenvalue weighted by molar-refractivity contribution is 5.72. The van der Waals surface area contributed by atoms with Crippen molar-refractivity contribution in [1.82, 2.24) is 25.0 Å². The Labute approximate surface area is 120 Å². The fourth-order valence-corrected chi connectivity index (χ4v) is 2.89. The number of amides is 1. The lowest BCUT2D eigenvalue weighted by atomic mass is 9.99. The Morgan fingerprint density at radius 3 is 2.90 bits per heavy atom. The smallest absolute Gasteiger partial charge is 0.216 e. The van der Waals surface area contributed by atoms with Crippen LogP contribution in [0.1, 0.15) is 44.3 Å². The normalized spacial score (nSPS) is 20.1. The zero-order valence-corrected chi connectivity index (χ0v) is 12.7. The third-order valence-electron chi connectivity index (χ3n) is 3.90. The highest BCUT2D eigenvalue weighted by Crippen LogP contribution is 2.21. The highest BCUT2D eigenvalue weighted by Gasteiger charge is 2.23. The molecule has 6 nitrogen and oxygen atoms in total. The largest absolute Gasteiger partial charge is 0.356 e. The minimum absolute atomic E-state index is 0.0521. The van der Waals surface area contributed by atoms with Crippen molar-refractivity contribution in [1.29, 1.82) is 0 Å². The Balaban J connectivity index is 1.92. The molecular formula is C14H25N5O. The molecule has 1 aliphatic rings. The van der Waals surface area contributed by atoms with Crippen LogP contribution in [0, 0.1) is 6.92 Å². The number of piperidine rings is 1. The zero-order valence-electron chi connectivity index (χ0n) is 12.7. The second-order valence-corrected chi connectivity index (χ2v) is 5.59. The van der Waals surface area contributed by atoms with Crippen LogP contribution < -0.4 is 5.32 Å². The molecule has 2 heterocycles. The van der Waals surface area contributed by atoms with Crippen LogP contribution in [0.3, 0.4) is 0 Å². The Morgan fingerprint density at radius 2 is 2.25 bits per heavy atom. The van der Waals surface area contributed by atoms with Crippen LogP contribution in [-0.2, 0) is 18.4 Å². The van der Waals surface area contributed by atoms with Gasteiger partial charge in [-0.05, 0) is 32.7 Å². The third kappa shape index (κ3) is 4.03. The van der Waals surface area contributed by atoms with Crippen molar-refractivity contribution in [2.75, 3.05) is 13.1 Å². The fraction of sp³-hybridized carbons (Fsp3) is 0.786. The Morgan fingerprint density at radius 1 is 1.45 bits per heavy atom. The van der Waals surface area contributed by atoms with E-state index in [0.717, 1.165) is 37.7 Å². The van der Waals surface area contributed by atoms with E-state index in [9.17, 15) is 4.79 Å². The van der Waals surface area contributed by atoms with Gasteiger partial charge in [0.25, 0.3) is 0 Å². The van der Waals surface area contributed by atoms with Crippen molar-refractivity contribution < 1.29 is 4.79 Å². The molecule has 0 aromatic carbocycles. The van der Waals surface area contributed by atoms with E-state index in [1.54, 1.807) is 6.92 Å². The van der Waals surface area contributed by atoms with Gasteiger partial charge < -0.3 is 5.32 Å². The van der Waals surface area contributed by atoms with E-state index in [1.165, 1.54) is 19.3 Å². The first kappa shape index (κ1) is 15.0. The predicted octanol–water partition coefficient (Wildman–Crippen LogP) is 1.00. The van der Waals surface area contributed by atoms with Gasteiger partial charge in [-0.15, -0.1) is 0 Å². The molecule has 6 heteroatoms. The molecule has 1 fully saturated rings. The summed E-state index contributed by atoms with van der Waals surface area (Å²) in [6, 6.07) is 0.535. The number of hydrogen-bond acceptors (Lipinski definition) is 4. The number of aryl methyl sites for hydroxylation is 2. The first-order valence-corrected chi connectivity index (χ1v) is 7.41. The van der Waals surface area contributed by atoms with Gasteiger partial charge in [0.1, 0.15) is 11.6 Å². The van der Waals surface area contributed by atoms with Gasteiger partial charge in [-0.25, -0.2) is 4.98 Å². The third-order valence-corrected chi connectivity index (χ3v) is 3.90. The molecule has 1 aliphatic heterocycles. The van der Waals surface area contributed by atoms with Gasteiger partial charge in [-0.1, -0.05) is 6.42 Å². The molecule has 0 saturated carbocycles. The lowest BCUT2D eigenvalue weighted by molar-refractivity contribution is -0.119. The number of carbonyl (C=O) groups excluding carboxylic acids is 1. The summed E-state index contributed by atoms with van der Waals surface area (Å²) in [5.41, 5.74) is 0. The average Bonchev–Trinajstić information content (AvgIpc) is 2.69. The SMILES string of the molecule is CC(=O)NCC[C@@H]1CCCCN1Cc1nc(C)nn1C. The van der Waals surface area contributed by atoms with Gasteiger partial charge in [0.15, 0.2) is 0 Å². The number of likely N-dealkylation sites (tertiary alicyclic amines) is 1. The fourth-order valence-electron chi connectivity index (χ4n) is 2.89. The second kappa shape index (κ2) is 6.83. The van der Waals surface area contributed by atoms with Gasteiger partial charge >= 0.3 is 0 Å². The first-order chi connectivity index (χ1) is 9.56. The van der Waals surface area contributed by atoms with Crippen molar-refractivity contribution in [3.63, 3.8) is 0 Å². The van der Waals surface area contributed by atoms with E-state index in [2.05, 4.69) is 20.3 Å². The van der Waals surface area contributed by atoms with Crippen LogP contribution in [0.4, 0.5) is 0 Å². The van der Waals surface area contributed by atoms with Crippen LogP contribution in [-0.4, -0.2) is 44.7 Å². The summed E-state index contributed by atoms with van der Waals surface area (Å²) < 4.78 is 1.87. The van der Waals surface area contributed by atoms with E-state index in [-0.39, 0.29) is 5.91 Å². The van der Waals surface area contributed by atoms with E-state index < -0.39 is 0 Å². The summed E-state index contributed by atoms with van der Waals surface area (Å²) in [5.74, 6) is 1.90. The summed E-state index contributed by atoms with van der Waals surface area (Å²) in [6.07, 6.45) is 4.74. The van der Waals surface area contributed by atoms with Gasteiger partial charge in [0, 0.05) is 26.6 Å². The topological polar surface area (TPSA) is 63.1 Å². The van der Waals surface area contributed by atoms with Crippen LogP contribution >= 0.6 is 0 Å². The lowest BCUT2D eigenvalue weighted by Crippen LogP contribution is -2.41. The average molecular weight is 279 g/mol. The van der Waals surface area contributed by atoms with Gasteiger partial charge in [-0.3, -0.25) is 14.4 Å². The molecule has 112 valence electrons. The van der Waals surface area contributed by atoms with Crippen molar-refractivity contribution in [2.45, 2.75) is 52.1 Å². The molecule has 1 N–H and O–H groups in total. The van der Waals surface area contributed by atoms with Gasteiger partial charge in [0.2, 0.25) is 5.91 Å². The van der Waals surface area contributed by atoms with E-state index >= 15 is 0 Å². The molecule has 2 rings (SSSR count). The van der Waals surface area contributed by atoms with Gasteiger partial charge in [-0.2, -0.15) is 5.10 Å². The number of carbonyl (C=O) groups is 1. The number of nitrogens with one attached hydrogen (secondary N) is 1. The van der Waals surface area contributed by atoms with E-state index in [0.29, 0.717) is 6.04 Å². The van der Waals surface area contributed by atoms with Crippen molar-refractivity contribution in [2.24, 2.45) is 7.05 Å². The summed E-state index contributed by atoms with van der Waals surface area (Å²) in [5, 5.41) is 7.20. The molecule has 0 unspecified atom stereocenters. The molecule has 1 aromatic heterocycles. The van der Waals surface area contributed by atoms with Crippen molar-refractivity contribution in [3.05, 3.63) is 11.6 Å². The quantitative estimate of drug-likeness (QED) is 0.873. The monoisotopic (exact) mass is 279 g/mol. The molecule has 0 radical (unpaired) electrons. The molecule has 20 heavy (non-hydrogen) atoms. The summed E-state index contributed by atoms with van der Waals surface area (Å²) in [7, 11) is 1.95. The van der Waals surface area contributed by atoms with Gasteiger partial charge in [0.05, 0.1) is 6.54 Å². The summed E-state index contributed by atoms with van der Waals surface area (Å²) in [4.78, 5) is 17.9. The second-order valence-electron chi connectivity index (χ2n) is 5.59. The van der Waals surface area contributed by atoms with Crippen LogP contribution in [0.2, 0.25) is 0 Å². The molecule has 1 atom stereocenters. The number of rotatable bonds is 5. The molecule has 0 aliphatic carbocycles. The predicted molar refractivity (Wildman–Crippen MR) is 77.1 cm³/mol. The molecule has 1 saturated heterocycles. The minimum Gasteiger partial charge on any atom is -0.356 e. The maximum Gasteiger partial charge on any atom is 0.216 e. The minimum atomic E-state index is 0.0521. The molecule has 0 spiro atoms.